The molecule has 0 radical (unpaired) electrons. The molecule has 0 spiro atoms. The first-order chi connectivity index (χ1) is 13.0. The summed E-state index contributed by atoms with van der Waals surface area (Å²) in [7, 11) is 1.58. The van der Waals surface area contributed by atoms with Crippen LogP contribution in [0.2, 0.25) is 5.02 Å². The van der Waals surface area contributed by atoms with Crippen LogP contribution in [0.25, 0.3) is 0 Å². The standard InChI is InChI=1S/C20H23ClN2O4/c1-14(2)12-27-20-15(7-6-10-18(20)25-3)11-22-23-19(24)13-26-17-9-5-4-8-16(17)21/h4-11,14H,12-13H2,1-3H3,(H,23,24)/b22-11-. The Morgan fingerprint density at radius 2 is 1.89 bits per heavy atom. The maximum Gasteiger partial charge on any atom is 0.277 e. The highest BCUT2D eigenvalue weighted by Gasteiger charge is 2.10. The van der Waals surface area contributed by atoms with Crippen molar-refractivity contribution in [1.29, 1.82) is 0 Å². The molecular formula is C20H23ClN2O4. The van der Waals surface area contributed by atoms with E-state index in [1.165, 1.54) is 6.21 Å². The van der Waals surface area contributed by atoms with E-state index >= 15 is 0 Å². The molecule has 1 amide bonds. The van der Waals surface area contributed by atoms with Gasteiger partial charge in [0.25, 0.3) is 5.91 Å². The number of halogens is 1. The average molecular weight is 391 g/mol. The van der Waals surface area contributed by atoms with E-state index in [0.29, 0.717) is 40.4 Å². The molecule has 1 N–H and O–H groups in total. The summed E-state index contributed by atoms with van der Waals surface area (Å²) in [6.45, 7) is 4.46. The minimum atomic E-state index is -0.404. The highest BCUT2D eigenvalue weighted by atomic mass is 35.5. The zero-order valence-corrected chi connectivity index (χ0v) is 16.3. The molecule has 144 valence electrons. The number of amides is 1. The van der Waals surface area contributed by atoms with Gasteiger partial charge in [-0.05, 0) is 30.2 Å². The summed E-state index contributed by atoms with van der Waals surface area (Å²) in [4.78, 5) is 11.9. The molecule has 0 heterocycles. The van der Waals surface area contributed by atoms with Crippen molar-refractivity contribution in [3.8, 4) is 17.2 Å². The van der Waals surface area contributed by atoms with Gasteiger partial charge in [0.05, 0.1) is 25.0 Å². The molecule has 2 aromatic carbocycles. The van der Waals surface area contributed by atoms with Gasteiger partial charge in [0.2, 0.25) is 0 Å². The van der Waals surface area contributed by atoms with Crippen LogP contribution in [0.5, 0.6) is 17.2 Å². The van der Waals surface area contributed by atoms with Crippen LogP contribution in [0.3, 0.4) is 0 Å². The Morgan fingerprint density at radius 1 is 1.15 bits per heavy atom. The van der Waals surface area contributed by atoms with Crippen LogP contribution in [0.1, 0.15) is 19.4 Å². The van der Waals surface area contributed by atoms with Gasteiger partial charge in [-0.1, -0.05) is 43.6 Å². The van der Waals surface area contributed by atoms with Gasteiger partial charge in [-0.25, -0.2) is 5.43 Å². The maximum absolute atomic E-state index is 11.9. The first-order valence-corrected chi connectivity index (χ1v) is 8.88. The van der Waals surface area contributed by atoms with Gasteiger partial charge in [0.15, 0.2) is 18.1 Å². The number of para-hydroxylation sites is 2. The van der Waals surface area contributed by atoms with Crippen LogP contribution >= 0.6 is 11.6 Å². The van der Waals surface area contributed by atoms with Crippen molar-refractivity contribution in [3.63, 3.8) is 0 Å². The number of ether oxygens (including phenoxy) is 3. The van der Waals surface area contributed by atoms with E-state index in [0.717, 1.165) is 0 Å². The number of nitrogens with zero attached hydrogens (tertiary/aromatic N) is 1. The molecule has 0 aliphatic heterocycles. The third-order valence-corrected chi connectivity index (χ3v) is 3.69. The van der Waals surface area contributed by atoms with Crippen LogP contribution < -0.4 is 19.6 Å². The number of methoxy groups -OCH3 is 1. The normalized spacial score (nSPS) is 10.9. The third kappa shape index (κ3) is 6.49. The van der Waals surface area contributed by atoms with Crippen molar-refractivity contribution < 1.29 is 19.0 Å². The molecule has 0 aliphatic rings. The largest absolute Gasteiger partial charge is 0.493 e. The number of benzene rings is 2. The summed E-state index contributed by atoms with van der Waals surface area (Å²) in [6, 6.07) is 12.4. The van der Waals surface area contributed by atoms with Crippen molar-refractivity contribution in [2.24, 2.45) is 11.0 Å². The first kappa shape index (κ1) is 20.6. The smallest absolute Gasteiger partial charge is 0.277 e. The van der Waals surface area contributed by atoms with E-state index in [-0.39, 0.29) is 6.61 Å². The van der Waals surface area contributed by atoms with Crippen molar-refractivity contribution in [1.82, 2.24) is 5.43 Å². The lowest BCUT2D eigenvalue weighted by atomic mass is 10.2. The molecule has 0 aromatic heterocycles. The van der Waals surface area contributed by atoms with Crippen molar-refractivity contribution in [2.75, 3.05) is 20.3 Å². The third-order valence-electron chi connectivity index (χ3n) is 3.38. The number of carbonyl (C=O) groups is 1. The first-order valence-electron chi connectivity index (χ1n) is 8.50. The molecule has 0 unspecified atom stereocenters. The summed E-state index contributed by atoms with van der Waals surface area (Å²) < 4.78 is 16.5. The average Bonchev–Trinajstić information content (AvgIpc) is 2.66. The zero-order chi connectivity index (χ0) is 19.6. The van der Waals surface area contributed by atoms with E-state index in [4.69, 9.17) is 25.8 Å². The van der Waals surface area contributed by atoms with Crippen LogP contribution in [-0.4, -0.2) is 32.4 Å². The summed E-state index contributed by atoms with van der Waals surface area (Å²) in [5.74, 6) is 1.59. The molecule has 0 saturated carbocycles. The fourth-order valence-corrected chi connectivity index (χ4v) is 2.30. The van der Waals surface area contributed by atoms with E-state index in [9.17, 15) is 4.79 Å². The summed E-state index contributed by atoms with van der Waals surface area (Å²) in [5, 5.41) is 4.41. The van der Waals surface area contributed by atoms with Crippen LogP contribution in [-0.2, 0) is 4.79 Å². The molecule has 0 saturated heterocycles. The number of hydrogen-bond acceptors (Lipinski definition) is 5. The van der Waals surface area contributed by atoms with Gasteiger partial charge in [0, 0.05) is 5.56 Å². The molecule has 0 aliphatic carbocycles. The number of nitrogens with one attached hydrogen (secondary N) is 1. The lowest BCUT2D eigenvalue weighted by Gasteiger charge is -2.14. The minimum Gasteiger partial charge on any atom is -0.493 e. The fourth-order valence-electron chi connectivity index (χ4n) is 2.11. The second kappa shape index (κ2) is 10.4. The highest BCUT2D eigenvalue weighted by molar-refractivity contribution is 6.32. The Morgan fingerprint density at radius 3 is 2.59 bits per heavy atom. The van der Waals surface area contributed by atoms with Gasteiger partial charge in [0.1, 0.15) is 5.75 Å². The molecule has 0 bridgehead atoms. The Bertz CT molecular complexity index is 793. The van der Waals surface area contributed by atoms with Gasteiger partial charge in [-0.2, -0.15) is 5.10 Å². The summed E-state index contributed by atoms with van der Waals surface area (Å²) in [5.41, 5.74) is 3.11. The maximum atomic E-state index is 11.9. The van der Waals surface area contributed by atoms with Crippen molar-refractivity contribution in [3.05, 3.63) is 53.1 Å². The van der Waals surface area contributed by atoms with Crippen LogP contribution in [0.15, 0.2) is 47.6 Å². The molecule has 7 heteroatoms. The minimum absolute atomic E-state index is 0.199. The number of carbonyl (C=O) groups excluding carboxylic acids is 1. The molecule has 0 atom stereocenters. The fraction of sp³-hybridized carbons (Fsp3) is 0.300. The molecule has 2 rings (SSSR count). The SMILES string of the molecule is COc1cccc(/C=N\NC(=O)COc2ccccc2Cl)c1OCC(C)C. The van der Waals surface area contributed by atoms with E-state index in [2.05, 4.69) is 24.4 Å². The molecule has 27 heavy (non-hydrogen) atoms. The summed E-state index contributed by atoms with van der Waals surface area (Å²) in [6.07, 6.45) is 1.51. The molecule has 0 fully saturated rings. The van der Waals surface area contributed by atoms with E-state index in [1.807, 2.05) is 18.2 Å². The lowest BCUT2D eigenvalue weighted by molar-refractivity contribution is -0.123. The Labute approximate surface area is 164 Å². The van der Waals surface area contributed by atoms with Gasteiger partial charge < -0.3 is 14.2 Å². The molecule has 2 aromatic rings. The van der Waals surface area contributed by atoms with Crippen LogP contribution in [0, 0.1) is 5.92 Å². The molecular weight excluding hydrogens is 368 g/mol. The van der Waals surface area contributed by atoms with Gasteiger partial charge in [-0.3, -0.25) is 4.79 Å². The predicted octanol–water partition coefficient (Wildman–Crippen LogP) is 3.91. The predicted molar refractivity (Wildman–Crippen MR) is 106 cm³/mol. The summed E-state index contributed by atoms with van der Waals surface area (Å²) >= 11 is 5.98. The number of rotatable bonds is 9. The second-order valence-electron chi connectivity index (χ2n) is 6.10. The van der Waals surface area contributed by atoms with Gasteiger partial charge in [-0.15, -0.1) is 0 Å². The number of hydrogen-bond donors (Lipinski definition) is 1. The zero-order valence-electron chi connectivity index (χ0n) is 15.6. The lowest BCUT2D eigenvalue weighted by Crippen LogP contribution is -2.24. The van der Waals surface area contributed by atoms with E-state index in [1.54, 1.807) is 31.4 Å². The highest BCUT2D eigenvalue weighted by Crippen LogP contribution is 2.30. The Hall–Kier alpha value is -2.73. The second-order valence-corrected chi connectivity index (χ2v) is 6.50. The van der Waals surface area contributed by atoms with Crippen molar-refractivity contribution >= 4 is 23.7 Å². The Kier molecular flexibility index (Phi) is 7.95. The monoisotopic (exact) mass is 390 g/mol. The van der Waals surface area contributed by atoms with E-state index < -0.39 is 5.91 Å². The van der Waals surface area contributed by atoms with Crippen molar-refractivity contribution in [2.45, 2.75) is 13.8 Å². The topological polar surface area (TPSA) is 69.2 Å². The van der Waals surface area contributed by atoms with Gasteiger partial charge >= 0.3 is 0 Å². The van der Waals surface area contributed by atoms with Crippen LogP contribution in [0.4, 0.5) is 0 Å². The Balaban J connectivity index is 1.96. The number of hydrazone groups is 1. The quantitative estimate of drug-likeness (QED) is 0.520. The molecule has 6 nitrogen and oxygen atoms in total.